The van der Waals surface area contributed by atoms with Gasteiger partial charge in [0, 0.05) is 6.42 Å². The van der Waals surface area contributed by atoms with E-state index in [0.29, 0.717) is 20.6 Å². The van der Waals surface area contributed by atoms with Gasteiger partial charge in [0.15, 0.2) is 0 Å². The second-order valence-electron chi connectivity index (χ2n) is 4.36. The highest BCUT2D eigenvalue weighted by molar-refractivity contribution is 6.40. The Morgan fingerprint density at radius 3 is 1.47 bits per heavy atom. The van der Waals surface area contributed by atoms with Crippen molar-refractivity contribution in [3.8, 4) is 0 Å². The minimum absolute atomic E-state index is 0.537. The van der Waals surface area contributed by atoms with E-state index in [1.165, 1.54) is 0 Å². The third-order valence-electron chi connectivity index (χ3n) is 2.89. The lowest BCUT2D eigenvalue weighted by Gasteiger charge is -1.97. The minimum atomic E-state index is 0.537. The summed E-state index contributed by atoms with van der Waals surface area (Å²) < 4.78 is 7.37. The van der Waals surface area contributed by atoms with Crippen LogP contribution in [0.3, 0.4) is 0 Å². The predicted octanol–water partition coefficient (Wildman–Crippen LogP) is 2.64. The summed E-state index contributed by atoms with van der Waals surface area (Å²) in [5, 5.41) is 2.17. The molecule has 2 aromatic heterocycles. The van der Waals surface area contributed by atoms with E-state index in [1.54, 1.807) is 9.13 Å². The molecule has 0 aliphatic heterocycles. The first-order chi connectivity index (χ1) is 8.91. The summed E-state index contributed by atoms with van der Waals surface area (Å²) >= 11 is 24.2. The van der Waals surface area contributed by atoms with E-state index >= 15 is 0 Å². The zero-order valence-corrected chi connectivity index (χ0v) is 13.6. The zero-order chi connectivity index (χ0) is 14.2. The Labute approximate surface area is 131 Å². The highest BCUT2D eigenvalue weighted by atomic mass is 35.5. The lowest BCUT2D eigenvalue weighted by molar-refractivity contribution is -0.668. The van der Waals surface area contributed by atoms with Crippen molar-refractivity contribution in [1.29, 1.82) is 0 Å². The zero-order valence-electron chi connectivity index (χ0n) is 10.6. The van der Waals surface area contributed by atoms with E-state index < -0.39 is 0 Å². The normalized spacial score (nSPS) is 11.3. The fraction of sp³-hybridized carbons (Fsp3) is 0.455. The molecule has 0 radical (unpaired) electrons. The summed E-state index contributed by atoms with van der Waals surface area (Å²) in [6.07, 6.45) is 4.61. The number of aromatic nitrogens is 4. The summed E-state index contributed by atoms with van der Waals surface area (Å²) in [5.41, 5.74) is 0. The molecule has 0 aliphatic rings. The fourth-order valence-corrected chi connectivity index (χ4v) is 2.70. The van der Waals surface area contributed by atoms with Crippen LogP contribution in [0.2, 0.25) is 20.6 Å². The van der Waals surface area contributed by atoms with Gasteiger partial charge in [-0.25, -0.2) is 18.3 Å². The second kappa shape index (κ2) is 5.92. The molecule has 104 valence electrons. The summed E-state index contributed by atoms with van der Waals surface area (Å²) in [7, 11) is 3.71. The number of rotatable bonds is 4. The van der Waals surface area contributed by atoms with E-state index in [2.05, 4.69) is 0 Å². The highest BCUT2D eigenvalue weighted by Crippen LogP contribution is 2.20. The molecular formula is C11H14Cl4N4+2. The number of aryl methyl sites for hydroxylation is 4. The topological polar surface area (TPSA) is 17.6 Å². The van der Waals surface area contributed by atoms with Gasteiger partial charge in [0.2, 0.25) is 12.7 Å². The standard InChI is InChI=1S/C11H14Cl4N4/c1-16-6-18(10(14)8(16)12)4-3-5-19-7-17(2)9(13)11(19)15/h6-7H,3-5H2,1-2H3/q+2. The average Bonchev–Trinajstić information content (AvgIpc) is 2.76. The Kier molecular flexibility index (Phi) is 4.66. The molecule has 0 bridgehead atoms. The molecule has 2 aromatic rings. The first-order valence-corrected chi connectivity index (χ1v) is 7.22. The van der Waals surface area contributed by atoms with Crippen molar-refractivity contribution in [1.82, 2.24) is 9.13 Å². The molecule has 0 saturated heterocycles. The molecule has 0 spiro atoms. The maximum absolute atomic E-state index is 6.11. The lowest BCUT2D eigenvalue weighted by Crippen LogP contribution is -2.26. The van der Waals surface area contributed by atoms with Crippen LogP contribution in [0.15, 0.2) is 12.7 Å². The molecule has 0 unspecified atom stereocenters. The van der Waals surface area contributed by atoms with Gasteiger partial charge in [0.05, 0.1) is 27.2 Å². The van der Waals surface area contributed by atoms with Crippen molar-refractivity contribution >= 4 is 46.4 Å². The van der Waals surface area contributed by atoms with Crippen LogP contribution in [0, 0.1) is 0 Å². The Morgan fingerprint density at radius 2 is 1.21 bits per heavy atom. The second-order valence-corrected chi connectivity index (χ2v) is 5.79. The smallest absolute Gasteiger partial charge is 0.222 e. The van der Waals surface area contributed by atoms with Crippen LogP contribution in [0.25, 0.3) is 0 Å². The highest BCUT2D eigenvalue weighted by Gasteiger charge is 2.19. The van der Waals surface area contributed by atoms with Gasteiger partial charge in [-0.15, -0.1) is 0 Å². The van der Waals surface area contributed by atoms with Gasteiger partial charge < -0.3 is 0 Å². The van der Waals surface area contributed by atoms with Crippen molar-refractivity contribution < 1.29 is 9.13 Å². The molecule has 0 saturated carbocycles. The van der Waals surface area contributed by atoms with Crippen LogP contribution in [0.5, 0.6) is 0 Å². The molecule has 8 heteroatoms. The van der Waals surface area contributed by atoms with Gasteiger partial charge in [0.1, 0.15) is 0 Å². The Hall–Kier alpha value is -0.420. The van der Waals surface area contributed by atoms with Crippen LogP contribution < -0.4 is 9.13 Å². The molecule has 0 amide bonds. The maximum Gasteiger partial charge on any atom is 0.255 e. The molecule has 2 heterocycles. The summed E-state index contributed by atoms with van der Waals surface area (Å²) in [4.78, 5) is 0. The number of hydrogen-bond donors (Lipinski definition) is 0. The quantitative estimate of drug-likeness (QED) is 0.759. The first-order valence-electron chi connectivity index (χ1n) is 5.71. The van der Waals surface area contributed by atoms with Crippen molar-refractivity contribution in [2.45, 2.75) is 19.5 Å². The van der Waals surface area contributed by atoms with Crippen molar-refractivity contribution in [3.05, 3.63) is 33.3 Å². The third-order valence-corrected chi connectivity index (χ3v) is 4.76. The van der Waals surface area contributed by atoms with E-state index in [-0.39, 0.29) is 0 Å². The van der Waals surface area contributed by atoms with Crippen LogP contribution in [0.4, 0.5) is 0 Å². The molecule has 0 aromatic carbocycles. The maximum atomic E-state index is 6.11. The number of nitrogens with zero attached hydrogens (tertiary/aromatic N) is 4. The van der Waals surface area contributed by atoms with Gasteiger partial charge in [0.25, 0.3) is 20.6 Å². The molecule has 0 N–H and O–H groups in total. The van der Waals surface area contributed by atoms with Gasteiger partial charge in [-0.3, -0.25) is 0 Å². The van der Waals surface area contributed by atoms with Crippen molar-refractivity contribution in [2.75, 3.05) is 0 Å². The molecule has 0 atom stereocenters. The van der Waals surface area contributed by atoms with Crippen LogP contribution in [-0.4, -0.2) is 9.13 Å². The van der Waals surface area contributed by atoms with Crippen LogP contribution in [-0.2, 0) is 27.2 Å². The molecule has 0 aliphatic carbocycles. The Morgan fingerprint density at radius 1 is 0.842 bits per heavy atom. The SMILES string of the molecule is C[n+]1cn(CCCn2c[n+](C)c(Cl)c2Cl)c(Cl)c1Cl. The number of hydrogen-bond acceptors (Lipinski definition) is 0. The van der Waals surface area contributed by atoms with Crippen LogP contribution in [0.1, 0.15) is 6.42 Å². The minimum Gasteiger partial charge on any atom is -0.222 e. The summed E-state index contributed by atoms with van der Waals surface area (Å²) in [5.74, 6) is 0. The monoisotopic (exact) mass is 342 g/mol. The van der Waals surface area contributed by atoms with Gasteiger partial charge >= 0.3 is 0 Å². The van der Waals surface area contributed by atoms with Crippen molar-refractivity contribution in [2.24, 2.45) is 14.1 Å². The Balaban J connectivity index is 2.00. The Bertz CT molecular complexity index is 550. The lowest BCUT2D eigenvalue weighted by atomic mass is 10.4. The largest absolute Gasteiger partial charge is 0.255 e. The number of imidazole rings is 2. The van der Waals surface area contributed by atoms with Gasteiger partial charge in [-0.1, -0.05) is 0 Å². The van der Waals surface area contributed by atoms with Crippen LogP contribution >= 0.6 is 46.4 Å². The van der Waals surface area contributed by atoms with E-state index in [9.17, 15) is 0 Å². The number of halogens is 4. The van der Waals surface area contributed by atoms with E-state index in [1.807, 2.05) is 35.9 Å². The van der Waals surface area contributed by atoms with Gasteiger partial charge in [-0.05, 0) is 46.4 Å². The molecule has 19 heavy (non-hydrogen) atoms. The first kappa shape index (κ1) is 15.0. The van der Waals surface area contributed by atoms with Crippen molar-refractivity contribution in [3.63, 3.8) is 0 Å². The third kappa shape index (κ3) is 3.02. The van der Waals surface area contributed by atoms with Gasteiger partial charge in [-0.2, -0.15) is 0 Å². The fourth-order valence-electron chi connectivity index (χ4n) is 1.87. The summed E-state index contributed by atoms with van der Waals surface area (Å²) in [6, 6.07) is 0. The average molecular weight is 344 g/mol. The molecule has 0 fully saturated rings. The van der Waals surface area contributed by atoms with E-state index in [0.717, 1.165) is 19.5 Å². The molecule has 2 rings (SSSR count). The molecular weight excluding hydrogens is 330 g/mol. The molecule has 4 nitrogen and oxygen atoms in total. The van der Waals surface area contributed by atoms with E-state index in [4.69, 9.17) is 46.4 Å². The summed E-state index contributed by atoms with van der Waals surface area (Å²) in [6.45, 7) is 1.52. The predicted molar refractivity (Wildman–Crippen MR) is 75.9 cm³/mol.